The lowest BCUT2D eigenvalue weighted by molar-refractivity contribution is -0.132. The summed E-state index contributed by atoms with van der Waals surface area (Å²) in [6.45, 7) is 1.15. The number of nitrogens with zero attached hydrogens (tertiary/aromatic N) is 3. The van der Waals surface area contributed by atoms with Crippen molar-refractivity contribution < 1.29 is 18.0 Å². The molecule has 3 aromatic carbocycles. The van der Waals surface area contributed by atoms with Crippen molar-refractivity contribution in [2.24, 2.45) is 0 Å². The highest BCUT2D eigenvalue weighted by atomic mass is 35.5. The monoisotopic (exact) mass is 510 g/mol. The molecule has 5 nitrogen and oxygen atoms in total. The molecular weight excluding hydrogens is 489 g/mol. The van der Waals surface area contributed by atoms with Gasteiger partial charge in [0.15, 0.2) is 0 Å². The highest BCUT2D eigenvalue weighted by Gasteiger charge is 2.27. The van der Waals surface area contributed by atoms with Crippen LogP contribution in [0.1, 0.15) is 17.8 Å². The van der Waals surface area contributed by atoms with Gasteiger partial charge in [-0.1, -0.05) is 29.8 Å². The summed E-state index contributed by atoms with van der Waals surface area (Å²) in [7, 11) is 0. The van der Waals surface area contributed by atoms with Gasteiger partial charge in [-0.05, 0) is 60.5 Å². The minimum atomic E-state index is -0.560. The van der Waals surface area contributed by atoms with Gasteiger partial charge in [0, 0.05) is 30.8 Å². The van der Waals surface area contributed by atoms with Crippen LogP contribution in [0.3, 0.4) is 0 Å². The number of carbonyl (C=O) groups is 1. The van der Waals surface area contributed by atoms with Crippen LogP contribution in [0.2, 0.25) is 5.02 Å². The molecule has 0 unspecified atom stereocenters. The second kappa shape index (κ2) is 10.1. The Bertz CT molecular complexity index is 1420. The zero-order valence-corrected chi connectivity index (χ0v) is 19.9. The highest BCUT2D eigenvalue weighted by molar-refractivity contribution is 6.30. The smallest absolute Gasteiger partial charge is 0.223 e. The first-order valence-electron chi connectivity index (χ1n) is 11.5. The second-order valence-electron chi connectivity index (χ2n) is 8.54. The number of rotatable bonds is 6. The summed E-state index contributed by atoms with van der Waals surface area (Å²) in [4.78, 5) is 19.4. The van der Waals surface area contributed by atoms with Crippen molar-refractivity contribution >= 4 is 29.0 Å². The van der Waals surface area contributed by atoms with Crippen molar-refractivity contribution in [2.75, 3.05) is 11.9 Å². The first-order chi connectivity index (χ1) is 17.4. The van der Waals surface area contributed by atoms with Gasteiger partial charge in [-0.3, -0.25) is 4.79 Å². The van der Waals surface area contributed by atoms with E-state index in [0.717, 1.165) is 0 Å². The van der Waals surface area contributed by atoms with Gasteiger partial charge >= 0.3 is 0 Å². The predicted octanol–water partition coefficient (Wildman–Crippen LogP) is 6.34. The number of imidazole rings is 1. The van der Waals surface area contributed by atoms with Crippen LogP contribution in [-0.4, -0.2) is 26.9 Å². The van der Waals surface area contributed by atoms with E-state index in [9.17, 15) is 18.0 Å². The largest absolute Gasteiger partial charge is 0.340 e. The number of carbonyl (C=O) groups excluding carboxylic acids is 1. The quantitative estimate of drug-likeness (QED) is 0.329. The fourth-order valence-corrected chi connectivity index (χ4v) is 4.41. The van der Waals surface area contributed by atoms with Gasteiger partial charge in [-0.25, -0.2) is 18.2 Å². The number of hydrogen-bond acceptors (Lipinski definition) is 3. The second-order valence-corrected chi connectivity index (χ2v) is 8.95. The third-order valence-electron chi connectivity index (χ3n) is 6.19. The number of amides is 1. The van der Waals surface area contributed by atoms with E-state index in [-0.39, 0.29) is 35.5 Å². The number of benzene rings is 3. The molecular formula is C27H22ClF3N4O. The maximum absolute atomic E-state index is 14.1. The summed E-state index contributed by atoms with van der Waals surface area (Å²) in [5.74, 6) is -0.102. The zero-order valence-electron chi connectivity index (χ0n) is 19.1. The summed E-state index contributed by atoms with van der Waals surface area (Å²) < 4.78 is 43.5. The Morgan fingerprint density at radius 3 is 2.50 bits per heavy atom. The molecule has 1 N–H and O–H groups in total. The van der Waals surface area contributed by atoms with Crippen molar-refractivity contribution in [2.45, 2.75) is 25.9 Å². The molecule has 1 aliphatic rings. The van der Waals surface area contributed by atoms with Gasteiger partial charge in [0.25, 0.3) is 0 Å². The molecule has 0 spiro atoms. The lowest BCUT2D eigenvalue weighted by atomic mass is 10.1. The molecule has 0 atom stereocenters. The van der Waals surface area contributed by atoms with Crippen LogP contribution in [0.15, 0.2) is 66.7 Å². The lowest BCUT2D eigenvalue weighted by Crippen LogP contribution is -2.38. The average molecular weight is 511 g/mol. The fraction of sp³-hybridized carbons (Fsp3) is 0.185. The molecule has 0 saturated heterocycles. The number of fused-ring (bicyclic) bond motifs is 1. The number of aromatic nitrogens is 2. The highest BCUT2D eigenvalue weighted by Crippen LogP contribution is 2.34. The SMILES string of the molecule is O=C(CCc1ccccc1F)N1CCn2c(nc(-c3ccc(F)cc3)c2Nc2ccc(Cl)c(F)c2)C1. The van der Waals surface area contributed by atoms with Gasteiger partial charge in [-0.15, -0.1) is 0 Å². The first-order valence-corrected chi connectivity index (χ1v) is 11.9. The number of hydrogen-bond donors (Lipinski definition) is 1. The number of aryl methyl sites for hydroxylation is 1. The van der Waals surface area contributed by atoms with E-state index in [0.29, 0.717) is 53.7 Å². The van der Waals surface area contributed by atoms with E-state index in [1.807, 2.05) is 4.57 Å². The lowest BCUT2D eigenvalue weighted by Gasteiger charge is -2.28. The Morgan fingerprint density at radius 1 is 0.972 bits per heavy atom. The number of nitrogens with one attached hydrogen (secondary N) is 1. The zero-order chi connectivity index (χ0) is 25.2. The molecule has 1 aromatic heterocycles. The molecule has 0 saturated carbocycles. The van der Waals surface area contributed by atoms with Crippen LogP contribution in [0.5, 0.6) is 0 Å². The molecule has 1 aliphatic heterocycles. The molecule has 0 radical (unpaired) electrons. The number of halogens is 4. The normalized spacial score (nSPS) is 12.9. The van der Waals surface area contributed by atoms with Gasteiger partial charge in [0.05, 0.1) is 11.6 Å². The summed E-state index contributed by atoms with van der Waals surface area (Å²) in [5.41, 5.74) is 2.21. The van der Waals surface area contributed by atoms with Crippen LogP contribution >= 0.6 is 11.6 Å². The molecule has 0 fully saturated rings. The molecule has 184 valence electrons. The van der Waals surface area contributed by atoms with Gasteiger partial charge in [0.2, 0.25) is 5.91 Å². The average Bonchev–Trinajstić information content (AvgIpc) is 3.23. The van der Waals surface area contributed by atoms with E-state index >= 15 is 0 Å². The van der Waals surface area contributed by atoms with Crippen molar-refractivity contribution in [1.82, 2.24) is 14.5 Å². The maximum Gasteiger partial charge on any atom is 0.223 e. The maximum atomic E-state index is 14.1. The summed E-state index contributed by atoms with van der Waals surface area (Å²) in [5, 5.41) is 3.23. The molecule has 36 heavy (non-hydrogen) atoms. The van der Waals surface area contributed by atoms with Gasteiger partial charge in [-0.2, -0.15) is 0 Å². The Morgan fingerprint density at radius 2 is 1.75 bits per heavy atom. The van der Waals surface area contributed by atoms with E-state index in [4.69, 9.17) is 16.6 Å². The topological polar surface area (TPSA) is 50.2 Å². The Kier molecular flexibility index (Phi) is 6.69. The summed E-state index contributed by atoms with van der Waals surface area (Å²) in [6, 6.07) is 16.8. The van der Waals surface area contributed by atoms with E-state index in [1.165, 1.54) is 30.3 Å². The van der Waals surface area contributed by atoms with Crippen molar-refractivity contribution in [3.63, 3.8) is 0 Å². The molecule has 1 amide bonds. The summed E-state index contributed by atoms with van der Waals surface area (Å²) >= 11 is 5.82. The third kappa shape index (κ3) is 4.95. The van der Waals surface area contributed by atoms with Crippen LogP contribution in [-0.2, 0) is 24.3 Å². The third-order valence-corrected chi connectivity index (χ3v) is 6.50. The fourth-order valence-electron chi connectivity index (χ4n) is 4.29. The molecule has 4 aromatic rings. The van der Waals surface area contributed by atoms with Crippen molar-refractivity contribution in [1.29, 1.82) is 0 Å². The van der Waals surface area contributed by atoms with Crippen LogP contribution in [0.4, 0.5) is 24.7 Å². The first kappa shape index (κ1) is 23.9. The minimum Gasteiger partial charge on any atom is -0.340 e. The minimum absolute atomic E-state index is 0.0131. The van der Waals surface area contributed by atoms with Crippen LogP contribution in [0, 0.1) is 17.5 Å². The van der Waals surface area contributed by atoms with E-state index < -0.39 is 5.82 Å². The van der Waals surface area contributed by atoms with Crippen LogP contribution in [0.25, 0.3) is 11.3 Å². The molecule has 0 aliphatic carbocycles. The van der Waals surface area contributed by atoms with E-state index in [1.54, 1.807) is 41.3 Å². The summed E-state index contributed by atoms with van der Waals surface area (Å²) in [6.07, 6.45) is 0.494. The van der Waals surface area contributed by atoms with Gasteiger partial charge in [0.1, 0.15) is 34.8 Å². The van der Waals surface area contributed by atoms with Crippen molar-refractivity contribution in [3.8, 4) is 11.3 Å². The molecule has 5 rings (SSSR count). The Balaban J connectivity index is 1.41. The standard InChI is InChI=1S/C27H22ClF3N4O/c28-21-11-10-20(15-23(21)31)32-27-26(18-5-8-19(29)9-6-18)33-24-16-34(13-14-35(24)27)25(36)12-7-17-3-1-2-4-22(17)30/h1-6,8-11,15,32H,7,12-14,16H2. The Labute approximate surface area is 211 Å². The molecule has 0 bridgehead atoms. The number of anilines is 2. The molecule has 9 heteroatoms. The van der Waals surface area contributed by atoms with Crippen LogP contribution < -0.4 is 5.32 Å². The van der Waals surface area contributed by atoms with Crippen molar-refractivity contribution in [3.05, 3.63) is 101 Å². The van der Waals surface area contributed by atoms with Gasteiger partial charge < -0.3 is 14.8 Å². The predicted molar refractivity (Wildman–Crippen MR) is 132 cm³/mol. The Hall–Kier alpha value is -3.78. The molecule has 2 heterocycles. The van der Waals surface area contributed by atoms with E-state index in [2.05, 4.69) is 5.32 Å².